The van der Waals surface area contributed by atoms with E-state index in [0.29, 0.717) is 17.2 Å². The average Bonchev–Trinajstić information content (AvgIpc) is 3.08. The van der Waals surface area contributed by atoms with E-state index in [1.165, 1.54) is 26.6 Å². The molecular formula is C20H31N3O3S. The summed E-state index contributed by atoms with van der Waals surface area (Å²) in [6.45, 7) is 6.73. The molecule has 3 atom stereocenters. The fraction of sp³-hybridized carbons (Fsp3) is 0.650. The standard InChI is InChI=1S/C20H31N3O3S/c1-19(2)14-9-10-20(3,12-14)18(19)22-17(24)13-7-8-15(21-4)16(11-13)27(25,26)23(5)6/h7-8,11,14,18,21H,9-10,12H2,1-6H3,(H,22,24)/t14-,18-,20-/m1/s1. The Labute approximate surface area is 162 Å². The zero-order valence-electron chi connectivity index (χ0n) is 17.1. The van der Waals surface area contributed by atoms with Crippen LogP contribution in [-0.2, 0) is 10.0 Å². The second-order valence-electron chi connectivity index (χ2n) is 9.07. The van der Waals surface area contributed by atoms with E-state index in [1.807, 2.05) is 0 Å². The van der Waals surface area contributed by atoms with Crippen molar-refractivity contribution in [3.8, 4) is 0 Å². The molecule has 2 fully saturated rings. The van der Waals surface area contributed by atoms with Crippen molar-refractivity contribution in [2.24, 2.45) is 16.7 Å². The molecule has 6 nitrogen and oxygen atoms in total. The number of nitrogens with zero attached hydrogens (tertiary/aromatic N) is 1. The maximum atomic E-state index is 13.0. The van der Waals surface area contributed by atoms with Crippen LogP contribution in [0.1, 0.15) is 50.4 Å². The number of hydrogen-bond acceptors (Lipinski definition) is 4. The van der Waals surface area contributed by atoms with E-state index in [1.54, 1.807) is 19.2 Å². The number of anilines is 1. The first kappa shape index (κ1) is 20.1. The van der Waals surface area contributed by atoms with Crippen LogP contribution in [0.3, 0.4) is 0 Å². The second kappa shape index (κ2) is 6.48. The smallest absolute Gasteiger partial charge is 0.251 e. The summed E-state index contributed by atoms with van der Waals surface area (Å²) in [6, 6.07) is 4.89. The third-order valence-corrected chi connectivity index (χ3v) is 8.67. The maximum absolute atomic E-state index is 13.0. The lowest BCUT2D eigenvalue weighted by atomic mass is 9.68. The van der Waals surface area contributed by atoms with Crippen molar-refractivity contribution in [3.63, 3.8) is 0 Å². The predicted molar refractivity (Wildman–Crippen MR) is 107 cm³/mol. The summed E-state index contributed by atoms with van der Waals surface area (Å²) >= 11 is 0. The normalized spacial score (nSPS) is 29.1. The van der Waals surface area contributed by atoms with Gasteiger partial charge in [-0.05, 0) is 54.2 Å². The van der Waals surface area contributed by atoms with Crippen LogP contribution in [0.5, 0.6) is 0 Å². The summed E-state index contributed by atoms with van der Waals surface area (Å²) in [5.74, 6) is 0.420. The Hall–Kier alpha value is -1.60. The molecule has 0 unspecified atom stereocenters. The third-order valence-electron chi connectivity index (χ3n) is 6.82. The van der Waals surface area contributed by atoms with Gasteiger partial charge in [-0.25, -0.2) is 12.7 Å². The zero-order chi connectivity index (χ0) is 20.2. The molecule has 2 bridgehead atoms. The van der Waals surface area contributed by atoms with Gasteiger partial charge in [0.05, 0.1) is 5.69 Å². The minimum Gasteiger partial charge on any atom is -0.387 e. The maximum Gasteiger partial charge on any atom is 0.251 e. The molecule has 1 aromatic carbocycles. The SMILES string of the molecule is CNc1ccc(C(=O)N[C@@H]2C(C)(C)[C@@H]3CC[C@]2(C)C3)cc1S(=O)(=O)N(C)C. The van der Waals surface area contributed by atoms with Gasteiger partial charge in [0.1, 0.15) is 4.90 Å². The summed E-state index contributed by atoms with van der Waals surface area (Å²) in [7, 11) is 0.986. The molecule has 0 spiro atoms. The lowest BCUT2D eigenvalue weighted by Gasteiger charge is -2.43. The molecule has 2 saturated carbocycles. The quantitative estimate of drug-likeness (QED) is 0.806. The van der Waals surface area contributed by atoms with Gasteiger partial charge in [-0.2, -0.15) is 0 Å². The van der Waals surface area contributed by atoms with Gasteiger partial charge in [-0.3, -0.25) is 4.79 Å². The number of carbonyl (C=O) groups excluding carboxylic acids is 1. The van der Waals surface area contributed by atoms with Crippen molar-refractivity contribution >= 4 is 21.6 Å². The number of hydrogen-bond donors (Lipinski definition) is 2. The van der Waals surface area contributed by atoms with Crippen LogP contribution in [0.25, 0.3) is 0 Å². The Morgan fingerprint density at radius 1 is 1.22 bits per heavy atom. The average molecular weight is 394 g/mol. The fourth-order valence-corrected chi connectivity index (χ4v) is 6.27. The van der Waals surface area contributed by atoms with Gasteiger partial charge >= 0.3 is 0 Å². The van der Waals surface area contributed by atoms with Gasteiger partial charge in [0.25, 0.3) is 5.91 Å². The first-order valence-corrected chi connectivity index (χ1v) is 10.9. The molecule has 0 heterocycles. The number of fused-ring (bicyclic) bond motifs is 2. The molecule has 0 aromatic heterocycles. The van der Waals surface area contributed by atoms with Crippen LogP contribution in [0.15, 0.2) is 23.1 Å². The zero-order valence-corrected chi connectivity index (χ0v) is 17.9. The van der Waals surface area contributed by atoms with Gasteiger partial charge in [-0.1, -0.05) is 20.8 Å². The highest BCUT2D eigenvalue weighted by Gasteiger charge is 2.59. The van der Waals surface area contributed by atoms with E-state index in [9.17, 15) is 13.2 Å². The number of benzene rings is 1. The highest BCUT2D eigenvalue weighted by Crippen LogP contribution is 2.62. The minimum atomic E-state index is -3.66. The molecule has 2 N–H and O–H groups in total. The van der Waals surface area contributed by atoms with E-state index in [-0.39, 0.29) is 27.7 Å². The summed E-state index contributed by atoms with van der Waals surface area (Å²) in [5.41, 5.74) is 1.02. The number of amides is 1. The molecule has 1 aromatic rings. The number of carbonyl (C=O) groups is 1. The highest BCUT2D eigenvalue weighted by atomic mass is 32.2. The Morgan fingerprint density at radius 3 is 2.41 bits per heavy atom. The molecular weight excluding hydrogens is 362 g/mol. The van der Waals surface area contributed by atoms with Crippen LogP contribution < -0.4 is 10.6 Å². The van der Waals surface area contributed by atoms with Crippen molar-refractivity contribution < 1.29 is 13.2 Å². The largest absolute Gasteiger partial charge is 0.387 e. The van der Waals surface area contributed by atoms with Crippen LogP contribution in [0, 0.1) is 16.7 Å². The number of sulfonamides is 1. The van der Waals surface area contributed by atoms with E-state index in [2.05, 4.69) is 31.4 Å². The Kier molecular flexibility index (Phi) is 4.84. The second-order valence-corrected chi connectivity index (χ2v) is 11.2. The molecule has 2 aliphatic rings. The van der Waals surface area contributed by atoms with Crippen molar-refractivity contribution in [3.05, 3.63) is 23.8 Å². The first-order valence-electron chi connectivity index (χ1n) is 9.48. The Morgan fingerprint density at radius 2 is 1.89 bits per heavy atom. The molecule has 27 heavy (non-hydrogen) atoms. The first-order chi connectivity index (χ1) is 12.4. The van der Waals surface area contributed by atoms with Gasteiger partial charge in [0.2, 0.25) is 10.0 Å². The van der Waals surface area contributed by atoms with Gasteiger partial charge < -0.3 is 10.6 Å². The van der Waals surface area contributed by atoms with Crippen molar-refractivity contribution in [2.45, 2.75) is 51.0 Å². The topological polar surface area (TPSA) is 78.5 Å². The van der Waals surface area contributed by atoms with Crippen LogP contribution in [0.2, 0.25) is 0 Å². The number of rotatable bonds is 5. The molecule has 0 radical (unpaired) electrons. The summed E-state index contributed by atoms with van der Waals surface area (Å²) in [6.07, 6.45) is 3.49. The van der Waals surface area contributed by atoms with Crippen LogP contribution >= 0.6 is 0 Å². The van der Waals surface area contributed by atoms with Crippen molar-refractivity contribution in [1.29, 1.82) is 0 Å². The van der Waals surface area contributed by atoms with Crippen molar-refractivity contribution in [2.75, 3.05) is 26.5 Å². The molecule has 2 aliphatic carbocycles. The minimum absolute atomic E-state index is 0.0477. The van der Waals surface area contributed by atoms with Crippen LogP contribution in [-0.4, -0.2) is 45.8 Å². The van der Waals surface area contributed by atoms with E-state index in [0.717, 1.165) is 17.1 Å². The molecule has 0 aliphatic heterocycles. The lowest BCUT2D eigenvalue weighted by Crippen LogP contribution is -2.52. The summed E-state index contributed by atoms with van der Waals surface area (Å²) in [4.78, 5) is 13.1. The molecule has 150 valence electrons. The van der Waals surface area contributed by atoms with E-state index < -0.39 is 10.0 Å². The Balaban J connectivity index is 1.92. The monoisotopic (exact) mass is 393 g/mol. The Bertz CT molecular complexity index is 858. The molecule has 3 rings (SSSR count). The van der Waals surface area contributed by atoms with Crippen molar-refractivity contribution in [1.82, 2.24) is 9.62 Å². The molecule has 0 saturated heterocycles. The highest BCUT2D eigenvalue weighted by molar-refractivity contribution is 7.89. The van der Waals surface area contributed by atoms with Gasteiger partial charge in [0, 0.05) is 32.7 Å². The predicted octanol–water partition coefficient (Wildman–Crippen LogP) is 2.92. The third kappa shape index (κ3) is 3.14. The summed E-state index contributed by atoms with van der Waals surface area (Å²) < 4.78 is 26.4. The van der Waals surface area contributed by atoms with E-state index >= 15 is 0 Å². The number of nitrogens with one attached hydrogen (secondary N) is 2. The van der Waals surface area contributed by atoms with Crippen LogP contribution in [0.4, 0.5) is 5.69 Å². The molecule has 7 heteroatoms. The van der Waals surface area contributed by atoms with E-state index in [4.69, 9.17) is 0 Å². The fourth-order valence-electron chi connectivity index (χ4n) is 5.16. The lowest BCUT2D eigenvalue weighted by molar-refractivity contribution is 0.0737. The summed E-state index contributed by atoms with van der Waals surface area (Å²) in [5, 5.41) is 6.13. The van der Waals surface area contributed by atoms with Gasteiger partial charge in [-0.15, -0.1) is 0 Å². The van der Waals surface area contributed by atoms with Gasteiger partial charge in [0.15, 0.2) is 0 Å². The molecule has 1 amide bonds.